The fourth-order valence-electron chi connectivity index (χ4n) is 4.26. The summed E-state index contributed by atoms with van der Waals surface area (Å²) in [6, 6.07) is 34.7. The lowest BCUT2D eigenvalue weighted by molar-refractivity contribution is -0.113. The van der Waals surface area contributed by atoms with Gasteiger partial charge in [-0.1, -0.05) is 78.9 Å². The second kappa shape index (κ2) is 12.5. The molecule has 0 atom stereocenters. The lowest BCUT2D eigenvalue weighted by atomic mass is 10.0. The van der Waals surface area contributed by atoms with Gasteiger partial charge in [-0.3, -0.25) is 14.4 Å². The van der Waals surface area contributed by atoms with E-state index in [9.17, 15) is 18.8 Å². The molecule has 0 aromatic heterocycles. The van der Waals surface area contributed by atoms with E-state index < -0.39 is 17.6 Å². The molecule has 0 aliphatic rings. The van der Waals surface area contributed by atoms with Crippen molar-refractivity contribution in [3.05, 3.63) is 161 Å². The van der Waals surface area contributed by atoms with Crippen molar-refractivity contribution in [3.8, 4) is 0 Å². The smallest absolute Gasteiger partial charge is 0.272 e. The Morgan fingerprint density at radius 3 is 2.07 bits per heavy atom. The van der Waals surface area contributed by atoms with Crippen LogP contribution in [0.4, 0.5) is 10.1 Å². The number of amides is 2. The largest absolute Gasteiger partial charge is 0.321 e. The Balaban J connectivity index is 1.37. The first-order valence-corrected chi connectivity index (χ1v) is 12.9. The molecule has 0 aliphatic heterocycles. The quantitative estimate of drug-likeness (QED) is 0.160. The van der Waals surface area contributed by atoms with Gasteiger partial charge in [0, 0.05) is 22.4 Å². The van der Waals surface area contributed by atoms with Gasteiger partial charge in [-0.15, -0.1) is 0 Å². The molecule has 5 nitrogen and oxygen atoms in total. The minimum absolute atomic E-state index is 0.0585. The Kier molecular flexibility index (Phi) is 8.21. The molecule has 0 saturated carbocycles. The van der Waals surface area contributed by atoms with E-state index in [4.69, 9.17) is 0 Å². The first-order valence-electron chi connectivity index (χ1n) is 12.9. The summed E-state index contributed by atoms with van der Waals surface area (Å²) in [6.07, 6.45) is 4.37. The van der Waals surface area contributed by atoms with Crippen molar-refractivity contribution >= 4 is 46.2 Å². The Morgan fingerprint density at radius 1 is 0.634 bits per heavy atom. The zero-order valence-electron chi connectivity index (χ0n) is 21.9. The van der Waals surface area contributed by atoms with Crippen LogP contribution in [0.2, 0.25) is 0 Å². The number of fused-ring (bicyclic) bond motifs is 1. The van der Waals surface area contributed by atoms with E-state index >= 15 is 0 Å². The summed E-state index contributed by atoms with van der Waals surface area (Å²) in [6.45, 7) is 0. The third-order valence-corrected chi connectivity index (χ3v) is 6.40. The van der Waals surface area contributed by atoms with Crippen molar-refractivity contribution in [2.75, 3.05) is 5.32 Å². The van der Waals surface area contributed by atoms with E-state index in [0.29, 0.717) is 22.4 Å². The lowest BCUT2D eigenvalue weighted by Crippen LogP contribution is -2.30. The third-order valence-electron chi connectivity index (χ3n) is 6.40. The molecule has 200 valence electrons. The summed E-state index contributed by atoms with van der Waals surface area (Å²) in [5, 5.41) is 7.48. The molecule has 6 heteroatoms. The van der Waals surface area contributed by atoms with Crippen molar-refractivity contribution < 1.29 is 18.8 Å². The maximum atomic E-state index is 13.8. The van der Waals surface area contributed by atoms with Crippen molar-refractivity contribution in [1.82, 2.24) is 5.32 Å². The molecule has 0 bridgehead atoms. The van der Waals surface area contributed by atoms with Crippen LogP contribution in [0.1, 0.15) is 31.8 Å². The van der Waals surface area contributed by atoms with Crippen molar-refractivity contribution in [2.24, 2.45) is 0 Å². The van der Waals surface area contributed by atoms with Crippen LogP contribution in [0, 0.1) is 5.82 Å². The highest BCUT2D eigenvalue weighted by molar-refractivity contribution is 6.12. The number of halogens is 1. The Hall–Kier alpha value is -5.62. The van der Waals surface area contributed by atoms with Crippen molar-refractivity contribution in [2.45, 2.75) is 0 Å². The number of hydrogen-bond acceptors (Lipinski definition) is 3. The van der Waals surface area contributed by atoms with Crippen molar-refractivity contribution in [3.63, 3.8) is 0 Å². The van der Waals surface area contributed by atoms with Crippen LogP contribution >= 0.6 is 0 Å². The van der Waals surface area contributed by atoms with E-state index in [0.717, 1.165) is 16.3 Å². The lowest BCUT2D eigenvalue weighted by Gasteiger charge is -2.12. The Labute approximate surface area is 236 Å². The van der Waals surface area contributed by atoms with Gasteiger partial charge in [0.05, 0.1) is 0 Å². The van der Waals surface area contributed by atoms with Gasteiger partial charge in [-0.05, 0) is 77.0 Å². The molecular formula is C35H25FN2O3. The van der Waals surface area contributed by atoms with Gasteiger partial charge >= 0.3 is 0 Å². The van der Waals surface area contributed by atoms with Crippen LogP contribution in [-0.2, 0) is 4.79 Å². The molecule has 0 heterocycles. The zero-order chi connectivity index (χ0) is 28.6. The highest BCUT2D eigenvalue weighted by Gasteiger charge is 2.16. The number of ketones is 1. The highest BCUT2D eigenvalue weighted by Crippen LogP contribution is 2.21. The SMILES string of the molecule is O=C(Nc1ccc(C(=O)/C=C/c2ccccc2F)cc1)/C(=C/c1cccc2ccccc12)NC(=O)c1ccccc1. The minimum atomic E-state index is -0.527. The van der Waals surface area contributed by atoms with E-state index in [1.54, 1.807) is 78.9 Å². The van der Waals surface area contributed by atoms with Gasteiger partial charge in [-0.2, -0.15) is 0 Å². The van der Waals surface area contributed by atoms with Gasteiger partial charge in [-0.25, -0.2) is 4.39 Å². The van der Waals surface area contributed by atoms with Crippen LogP contribution in [-0.4, -0.2) is 17.6 Å². The number of rotatable bonds is 8. The molecule has 0 fully saturated rings. The van der Waals surface area contributed by atoms with Crippen LogP contribution < -0.4 is 10.6 Å². The monoisotopic (exact) mass is 540 g/mol. The molecule has 0 unspecified atom stereocenters. The number of hydrogen-bond donors (Lipinski definition) is 2. The van der Waals surface area contributed by atoms with Gasteiger partial charge in [0.1, 0.15) is 11.5 Å². The fourth-order valence-corrected chi connectivity index (χ4v) is 4.26. The van der Waals surface area contributed by atoms with E-state index in [2.05, 4.69) is 10.6 Å². The second-order valence-corrected chi connectivity index (χ2v) is 9.20. The summed E-state index contributed by atoms with van der Waals surface area (Å²) in [4.78, 5) is 39.0. The van der Waals surface area contributed by atoms with Crippen molar-refractivity contribution in [1.29, 1.82) is 0 Å². The molecule has 5 aromatic carbocycles. The number of carbonyl (C=O) groups excluding carboxylic acids is 3. The van der Waals surface area contributed by atoms with E-state index in [1.165, 1.54) is 18.2 Å². The van der Waals surface area contributed by atoms with Gasteiger partial charge < -0.3 is 10.6 Å². The molecule has 41 heavy (non-hydrogen) atoms. The average molecular weight is 541 g/mol. The summed E-state index contributed by atoms with van der Waals surface area (Å²) >= 11 is 0. The molecule has 5 rings (SSSR count). The van der Waals surface area contributed by atoms with Crippen LogP contribution in [0.3, 0.4) is 0 Å². The standard InChI is InChI=1S/C35H25FN2O3/c36-31-16-7-5-10-25(31)19-22-33(39)26-17-20-29(21-18-26)37-35(41)32(38-34(40)27-11-2-1-3-12-27)23-28-14-8-13-24-9-4-6-15-30(24)28/h1-23H,(H,37,41)(H,38,40)/b22-19+,32-23-. The van der Waals surface area contributed by atoms with E-state index in [-0.39, 0.29) is 11.5 Å². The predicted molar refractivity (Wildman–Crippen MR) is 161 cm³/mol. The molecule has 0 aliphatic carbocycles. The van der Waals surface area contributed by atoms with Gasteiger partial charge in [0.2, 0.25) is 0 Å². The average Bonchev–Trinajstić information content (AvgIpc) is 3.01. The van der Waals surface area contributed by atoms with Gasteiger partial charge in [0.15, 0.2) is 5.78 Å². The molecule has 5 aromatic rings. The normalized spacial score (nSPS) is 11.4. The minimum Gasteiger partial charge on any atom is -0.321 e. The summed E-state index contributed by atoms with van der Waals surface area (Å²) in [7, 11) is 0. The number of nitrogens with one attached hydrogen (secondary N) is 2. The molecular weight excluding hydrogens is 515 g/mol. The molecule has 0 radical (unpaired) electrons. The summed E-state index contributed by atoms with van der Waals surface area (Å²) in [5.41, 5.74) is 2.36. The number of anilines is 1. The maximum absolute atomic E-state index is 13.8. The summed E-state index contributed by atoms with van der Waals surface area (Å²) in [5.74, 6) is -1.67. The maximum Gasteiger partial charge on any atom is 0.272 e. The molecule has 0 saturated heterocycles. The highest BCUT2D eigenvalue weighted by atomic mass is 19.1. The van der Waals surface area contributed by atoms with Gasteiger partial charge in [0.25, 0.3) is 11.8 Å². The fraction of sp³-hybridized carbons (Fsp3) is 0. The third kappa shape index (κ3) is 6.69. The number of carbonyl (C=O) groups is 3. The van der Waals surface area contributed by atoms with Crippen LogP contribution in [0.15, 0.2) is 133 Å². The second-order valence-electron chi connectivity index (χ2n) is 9.20. The first kappa shape index (κ1) is 27.0. The Bertz CT molecular complexity index is 1790. The first-order chi connectivity index (χ1) is 20.0. The zero-order valence-corrected chi connectivity index (χ0v) is 21.9. The Morgan fingerprint density at radius 2 is 1.29 bits per heavy atom. The summed E-state index contributed by atoms with van der Waals surface area (Å²) < 4.78 is 13.8. The number of benzene rings is 5. The molecule has 2 N–H and O–H groups in total. The molecule has 0 spiro atoms. The van der Waals surface area contributed by atoms with Crippen LogP contribution in [0.5, 0.6) is 0 Å². The topological polar surface area (TPSA) is 75.3 Å². The predicted octanol–water partition coefficient (Wildman–Crippen LogP) is 7.28. The molecule has 2 amide bonds. The van der Waals surface area contributed by atoms with Crippen LogP contribution in [0.25, 0.3) is 22.9 Å². The number of allylic oxidation sites excluding steroid dienone is 1. The van der Waals surface area contributed by atoms with E-state index in [1.807, 2.05) is 42.5 Å².